The van der Waals surface area contributed by atoms with E-state index in [1.807, 2.05) is 24.3 Å². The van der Waals surface area contributed by atoms with Gasteiger partial charge >= 0.3 is 0 Å². The Hall–Kier alpha value is -2.08. The maximum absolute atomic E-state index is 5.90. The van der Waals surface area contributed by atoms with E-state index in [0.717, 1.165) is 15.8 Å². The van der Waals surface area contributed by atoms with Gasteiger partial charge in [0.15, 0.2) is 0 Å². The fourth-order valence-corrected chi connectivity index (χ4v) is 2.51. The summed E-state index contributed by atoms with van der Waals surface area (Å²) in [7, 11) is 0. The monoisotopic (exact) mass is 258 g/mol. The fourth-order valence-electron chi connectivity index (χ4n) is 1.67. The van der Waals surface area contributed by atoms with Gasteiger partial charge in [-0.25, -0.2) is 0 Å². The van der Waals surface area contributed by atoms with Crippen LogP contribution in [0.3, 0.4) is 0 Å². The predicted octanol–water partition coefficient (Wildman–Crippen LogP) is 2.66. The lowest BCUT2D eigenvalue weighted by molar-refractivity contribution is 0.429. The number of anilines is 1. The third-order valence-corrected chi connectivity index (χ3v) is 3.38. The summed E-state index contributed by atoms with van der Waals surface area (Å²) in [6, 6.07) is 7.62. The van der Waals surface area contributed by atoms with Crippen LogP contribution in [0.5, 0.6) is 0 Å². The molecule has 0 fully saturated rings. The van der Waals surface area contributed by atoms with Crippen molar-refractivity contribution < 1.29 is 4.42 Å². The molecule has 0 aliphatic carbocycles. The van der Waals surface area contributed by atoms with Gasteiger partial charge in [0.05, 0.1) is 11.2 Å². The van der Waals surface area contributed by atoms with Crippen molar-refractivity contribution in [2.75, 3.05) is 5.73 Å². The number of nitrogens with zero attached hydrogens (tertiary/aromatic N) is 3. The first kappa shape index (κ1) is 11.0. The highest BCUT2D eigenvalue weighted by Gasteiger charge is 2.10. The van der Waals surface area contributed by atoms with E-state index in [-0.39, 0.29) is 0 Å². The van der Waals surface area contributed by atoms with Crippen LogP contribution in [0.2, 0.25) is 0 Å². The van der Waals surface area contributed by atoms with Crippen LogP contribution < -0.4 is 5.73 Å². The van der Waals surface area contributed by atoms with Gasteiger partial charge < -0.3 is 10.2 Å². The zero-order chi connectivity index (χ0) is 12.5. The number of hydrogen-bond acceptors (Lipinski definition) is 6. The lowest BCUT2D eigenvalue weighted by Gasteiger charge is -2.05. The van der Waals surface area contributed by atoms with Crippen LogP contribution in [0, 0.1) is 6.92 Å². The Kier molecular flexibility index (Phi) is 2.64. The van der Waals surface area contributed by atoms with Gasteiger partial charge in [0, 0.05) is 23.4 Å². The Morgan fingerprint density at radius 2 is 2.11 bits per heavy atom. The molecule has 2 N–H and O–H groups in total. The number of aryl methyl sites for hydroxylation is 1. The lowest BCUT2D eigenvalue weighted by atomic mass is 10.2. The minimum absolute atomic E-state index is 0.516. The molecule has 0 spiro atoms. The standard InChI is InChI=1S/C12H10N4OS/c1-7-15-16-12(17-7)18-10-5-4-9(13)11-8(10)3-2-6-14-11/h2-6H,13H2,1H3. The molecule has 90 valence electrons. The van der Waals surface area contributed by atoms with E-state index in [0.29, 0.717) is 16.8 Å². The quantitative estimate of drug-likeness (QED) is 0.712. The first-order chi connectivity index (χ1) is 8.74. The van der Waals surface area contributed by atoms with Gasteiger partial charge in [0.2, 0.25) is 5.89 Å². The number of rotatable bonds is 2. The van der Waals surface area contributed by atoms with Gasteiger partial charge in [0.1, 0.15) is 0 Å². The zero-order valence-corrected chi connectivity index (χ0v) is 10.4. The molecule has 0 saturated carbocycles. The Balaban J connectivity index is 2.09. The maximum Gasteiger partial charge on any atom is 0.281 e. The number of nitrogen functional groups attached to an aromatic ring is 1. The van der Waals surface area contributed by atoms with Gasteiger partial charge in [-0.2, -0.15) is 0 Å². The van der Waals surface area contributed by atoms with Crippen LogP contribution in [-0.4, -0.2) is 15.2 Å². The van der Waals surface area contributed by atoms with Gasteiger partial charge in [-0.05, 0) is 30.0 Å². The summed E-state index contributed by atoms with van der Waals surface area (Å²) >= 11 is 1.41. The van der Waals surface area contributed by atoms with E-state index >= 15 is 0 Å². The second kappa shape index (κ2) is 4.30. The van der Waals surface area contributed by atoms with Gasteiger partial charge in [-0.1, -0.05) is 6.07 Å². The van der Waals surface area contributed by atoms with E-state index in [1.54, 1.807) is 13.1 Å². The van der Waals surface area contributed by atoms with Crippen LogP contribution >= 0.6 is 11.8 Å². The summed E-state index contributed by atoms with van der Waals surface area (Å²) in [5.41, 5.74) is 7.35. The van der Waals surface area contributed by atoms with Crippen molar-refractivity contribution in [1.82, 2.24) is 15.2 Å². The van der Waals surface area contributed by atoms with Crippen molar-refractivity contribution >= 4 is 28.4 Å². The minimum Gasteiger partial charge on any atom is -0.416 e. The van der Waals surface area contributed by atoms with Gasteiger partial charge in [0.25, 0.3) is 5.22 Å². The third-order valence-electron chi connectivity index (χ3n) is 2.47. The molecule has 2 aromatic heterocycles. The molecular formula is C12H10N4OS. The molecule has 0 aliphatic heterocycles. The molecule has 2 heterocycles. The molecule has 0 radical (unpaired) electrons. The number of aromatic nitrogens is 3. The summed E-state index contributed by atoms with van der Waals surface area (Å²) in [4.78, 5) is 5.28. The molecule has 5 nitrogen and oxygen atoms in total. The van der Waals surface area contributed by atoms with Gasteiger partial charge in [-0.15, -0.1) is 10.2 Å². The smallest absolute Gasteiger partial charge is 0.281 e. The van der Waals surface area contributed by atoms with Crippen LogP contribution in [-0.2, 0) is 0 Å². The highest BCUT2D eigenvalue weighted by atomic mass is 32.2. The molecule has 0 aliphatic rings. The molecule has 0 amide bonds. The number of pyridine rings is 1. The number of benzene rings is 1. The Morgan fingerprint density at radius 3 is 2.89 bits per heavy atom. The Bertz CT molecular complexity index is 710. The molecule has 6 heteroatoms. The average Bonchev–Trinajstić information content (AvgIpc) is 2.79. The van der Waals surface area contributed by atoms with Crippen molar-refractivity contribution in [3.8, 4) is 0 Å². The van der Waals surface area contributed by atoms with E-state index < -0.39 is 0 Å². The van der Waals surface area contributed by atoms with Crippen molar-refractivity contribution in [3.05, 3.63) is 36.4 Å². The number of nitrogens with two attached hydrogens (primary N) is 1. The van der Waals surface area contributed by atoms with Crippen LogP contribution in [0.25, 0.3) is 10.9 Å². The zero-order valence-electron chi connectivity index (χ0n) is 9.62. The second-order valence-corrected chi connectivity index (χ2v) is 4.73. The van der Waals surface area contributed by atoms with Crippen molar-refractivity contribution in [2.45, 2.75) is 17.0 Å². The fraction of sp³-hybridized carbons (Fsp3) is 0.0833. The summed E-state index contributed by atoms with van der Waals surface area (Å²) in [6.45, 7) is 1.76. The SMILES string of the molecule is Cc1nnc(Sc2ccc(N)c3ncccc23)o1. The molecule has 0 saturated heterocycles. The Morgan fingerprint density at radius 1 is 1.22 bits per heavy atom. The lowest BCUT2D eigenvalue weighted by Crippen LogP contribution is -1.90. The normalized spacial score (nSPS) is 10.9. The molecule has 3 rings (SSSR count). The molecule has 3 aromatic rings. The molecule has 0 bridgehead atoms. The first-order valence-electron chi connectivity index (χ1n) is 5.35. The van der Waals surface area contributed by atoms with E-state index in [1.165, 1.54) is 11.8 Å². The van der Waals surface area contributed by atoms with Crippen LogP contribution in [0.15, 0.2) is 45.0 Å². The number of fused-ring (bicyclic) bond motifs is 1. The minimum atomic E-state index is 0.516. The largest absolute Gasteiger partial charge is 0.416 e. The first-order valence-corrected chi connectivity index (χ1v) is 6.17. The number of hydrogen-bond donors (Lipinski definition) is 1. The topological polar surface area (TPSA) is 77.8 Å². The van der Waals surface area contributed by atoms with Gasteiger partial charge in [-0.3, -0.25) is 4.98 Å². The molecule has 18 heavy (non-hydrogen) atoms. The summed E-state index contributed by atoms with van der Waals surface area (Å²) < 4.78 is 5.36. The highest BCUT2D eigenvalue weighted by molar-refractivity contribution is 7.99. The Labute approximate surface area is 107 Å². The van der Waals surface area contributed by atoms with Crippen molar-refractivity contribution in [3.63, 3.8) is 0 Å². The van der Waals surface area contributed by atoms with Crippen molar-refractivity contribution in [1.29, 1.82) is 0 Å². The highest BCUT2D eigenvalue weighted by Crippen LogP contribution is 2.34. The molecule has 0 unspecified atom stereocenters. The van der Waals surface area contributed by atoms with Crippen LogP contribution in [0.4, 0.5) is 5.69 Å². The second-order valence-electron chi connectivity index (χ2n) is 3.74. The average molecular weight is 258 g/mol. The maximum atomic E-state index is 5.90. The molecule has 0 atom stereocenters. The summed E-state index contributed by atoms with van der Waals surface area (Å²) in [5.74, 6) is 0.551. The van der Waals surface area contributed by atoms with Crippen molar-refractivity contribution in [2.24, 2.45) is 0 Å². The molecule has 1 aromatic carbocycles. The summed E-state index contributed by atoms with van der Waals surface area (Å²) in [5, 5.41) is 9.27. The van der Waals surface area contributed by atoms with E-state index in [4.69, 9.17) is 10.2 Å². The van der Waals surface area contributed by atoms with E-state index in [9.17, 15) is 0 Å². The van der Waals surface area contributed by atoms with Crippen LogP contribution in [0.1, 0.15) is 5.89 Å². The predicted molar refractivity (Wildman–Crippen MR) is 69.3 cm³/mol. The van der Waals surface area contributed by atoms with E-state index in [2.05, 4.69) is 15.2 Å². The third kappa shape index (κ3) is 1.91. The summed E-state index contributed by atoms with van der Waals surface area (Å²) in [6.07, 6.45) is 1.73. The molecular weight excluding hydrogens is 248 g/mol.